The lowest BCUT2D eigenvalue weighted by molar-refractivity contribution is -0.385. The first-order valence-electron chi connectivity index (χ1n) is 5.66. The number of benzene rings is 1. The van der Waals surface area contributed by atoms with Crippen LogP contribution in [0.4, 0.5) is 11.4 Å². The Balaban J connectivity index is 2.01. The summed E-state index contributed by atoms with van der Waals surface area (Å²) in [6, 6.07) is 9.48. The summed E-state index contributed by atoms with van der Waals surface area (Å²) in [6.07, 6.45) is 2.16. The molecule has 0 unspecified atom stereocenters. The van der Waals surface area contributed by atoms with Crippen LogP contribution in [0.25, 0.3) is 0 Å². The van der Waals surface area contributed by atoms with Crippen LogP contribution in [0.1, 0.15) is 0 Å². The summed E-state index contributed by atoms with van der Waals surface area (Å²) < 4.78 is 1.22. The second-order valence-electron chi connectivity index (χ2n) is 3.84. The minimum Gasteiger partial charge on any atom is -0.383 e. The van der Waals surface area contributed by atoms with Gasteiger partial charge in [-0.1, -0.05) is 18.2 Å². The average molecular weight is 260 g/mol. The Kier molecular flexibility index (Phi) is 3.87. The van der Waals surface area contributed by atoms with E-state index in [-0.39, 0.29) is 5.69 Å². The van der Waals surface area contributed by atoms with Crippen molar-refractivity contribution in [3.8, 4) is 0 Å². The molecule has 1 N–H and O–H groups in total. The maximum absolute atomic E-state index is 11.4. The van der Waals surface area contributed by atoms with Crippen molar-refractivity contribution in [2.45, 2.75) is 6.54 Å². The molecule has 0 spiro atoms. The molecular formula is C12H12N4O3. The molecule has 7 heteroatoms. The van der Waals surface area contributed by atoms with Crippen LogP contribution in [0.3, 0.4) is 0 Å². The summed E-state index contributed by atoms with van der Waals surface area (Å²) in [5, 5.41) is 13.7. The zero-order valence-corrected chi connectivity index (χ0v) is 10.0. The monoisotopic (exact) mass is 260 g/mol. The van der Waals surface area contributed by atoms with Gasteiger partial charge in [0.1, 0.15) is 6.20 Å². The van der Waals surface area contributed by atoms with Crippen LogP contribution in [0, 0.1) is 10.1 Å². The first kappa shape index (κ1) is 12.7. The number of nitro groups is 1. The van der Waals surface area contributed by atoms with E-state index in [0.29, 0.717) is 13.1 Å². The van der Waals surface area contributed by atoms with Gasteiger partial charge in [0.25, 0.3) is 0 Å². The van der Waals surface area contributed by atoms with Crippen LogP contribution in [0.2, 0.25) is 0 Å². The minimum atomic E-state index is -0.576. The Labute approximate surface area is 108 Å². The highest BCUT2D eigenvalue weighted by atomic mass is 16.6. The fourth-order valence-corrected chi connectivity index (χ4v) is 1.57. The first-order chi connectivity index (χ1) is 9.16. The third-order valence-corrected chi connectivity index (χ3v) is 2.51. The van der Waals surface area contributed by atoms with Crippen LogP contribution in [-0.4, -0.2) is 21.0 Å². The molecule has 1 aromatic heterocycles. The second kappa shape index (κ2) is 5.76. The number of nitrogens with one attached hydrogen (secondary N) is 1. The molecule has 2 aromatic rings. The van der Waals surface area contributed by atoms with Crippen molar-refractivity contribution < 1.29 is 4.92 Å². The fraction of sp³-hybridized carbons (Fsp3) is 0.167. The summed E-state index contributed by atoms with van der Waals surface area (Å²) in [5.74, 6) is 0. The van der Waals surface area contributed by atoms with Crippen LogP contribution in [-0.2, 0) is 6.54 Å². The summed E-state index contributed by atoms with van der Waals surface area (Å²) in [7, 11) is 0. The van der Waals surface area contributed by atoms with Crippen LogP contribution >= 0.6 is 0 Å². The topological polar surface area (TPSA) is 90.1 Å². The number of rotatable bonds is 5. The van der Waals surface area contributed by atoms with Gasteiger partial charge in [0.05, 0.1) is 11.1 Å². The van der Waals surface area contributed by atoms with E-state index >= 15 is 0 Å². The maximum Gasteiger partial charge on any atom is 0.348 e. The van der Waals surface area contributed by atoms with Crippen molar-refractivity contribution in [2.24, 2.45) is 0 Å². The zero-order valence-electron chi connectivity index (χ0n) is 10.0. The van der Waals surface area contributed by atoms with Gasteiger partial charge < -0.3 is 5.32 Å². The quantitative estimate of drug-likeness (QED) is 0.645. The highest BCUT2D eigenvalue weighted by Crippen LogP contribution is 2.06. The molecule has 0 aliphatic carbocycles. The maximum atomic E-state index is 11.4. The predicted octanol–water partition coefficient (Wildman–Crippen LogP) is 1.26. The molecular weight excluding hydrogens is 248 g/mol. The van der Waals surface area contributed by atoms with Crippen molar-refractivity contribution in [1.82, 2.24) is 9.55 Å². The van der Waals surface area contributed by atoms with Gasteiger partial charge in [-0.25, -0.2) is 4.79 Å². The van der Waals surface area contributed by atoms with Crippen LogP contribution in [0.5, 0.6) is 0 Å². The van der Waals surface area contributed by atoms with Gasteiger partial charge >= 0.3 is 11.4 Å². The molecule has 2 rings (SSSR count). The third kappa shape index (κ3) is 3.38. The second-order valence-corrected chi connectivity index (χ2v) is 3.84. The van der Waals surface area contributed by atoms with Crippen molar-refractivity contribution in [3.63, 3.8) is 0 Å². The highest BCUT2D eigenvalue weighted by molar-refractivity contribution is 5.42. The molecule has 19 heavy (non-hydrogen) atoms. The Morgan fingerprint density at radius 3 is 2.74 bits per heavy atom. The van der Waals surface area contributed by atoms with E-state index in [1.54, 1.807) is 0 Å². The summed E-state index contributed by atoms with van der Waals surface area (Å²) in [6.45, 7) is 0.787. The van der Waals surface area contributed by atoms with E-state index in [1.807, 2.05) is 30.3 Å². The third-order valence-electron chi connectivity index (χ3n) is 2.51. The first-order valence-corrected chi connectivity index (χ1v) is 5.66. The van der Waals surface area contributed by atoms with Crippen LogP contribution < -0.4 is 11.0 Å². The fourth-order valence-electron chi connectivity index (χ4n) is 1.57. The molecule has 0 aliphatic rings. The zero-order chi connectivity index (χ0) is 13.7. The van der Waals surface area contributed by atoms with E-state index in [1.165, 1.54) is 10.8 Å². The molecule has 0 fully saturated rings. The number of para-hydroxylation sites is 1. The smallest absolute Gasteiger partial charge is 0.348 e. The molecule has 7 nitrogen and oxygen atoms in total. The van der Waals surface area contributed by atoms with Crippen LogP contribution in [0.15, 0.2) is 47.5 Å². The van der Waals surface area contributed by atoms with E-state index in [9.17, 15) is 14.9 Å². The van der Waals surface area contributed by atoms with E-state index in [4.69, 9.17) is 0 Å². The molecule has 0 aliphatic heterocycles. The van der Waals surface area contributed by atoms with Gasteiger partial charge in [-0.3, -0.25) is 14.7 Å². The van der Waals surface area contributed by atoms with Crippen molar-refractivity contribution in [1.29, 1.82) is 0 Å². The van der Waals surface area contributed by atoms with Gasteiger partial charge in [0, 0.05) is 18.8 Å². The molecule has 0 radical (unpaired) electrons. The standard InChI is InChI=1S/C12H12N4O3/c17-12-14-8-11(16(18)19)9-15(12)7-6-13-10-4-2-1-3-5-10/h1-5,8-9,13H,6-7H2. The van der Waals surface area contributed by atoms with E-state index in [0.717, 1.165) is 11.9 Å². The number of aromatic nitrogens is 2. The number of hydrogen-bond acceptors (Lipinski definition) is 5. The predicted molar refractivity (Wildman–Crippen MR) is 70.1 cm³/mol. The molecule has 0 amide bonds. The summed E-state index contributed by atoms with van der Waals surface area (Å²) >= 11 is 0. The summed E-state index contributed by atoms with van der Waals surface area (Å²) in [5.41, 5.74) is 0.230. The highest BCUT2D eigenvalue weighted by Gasteiger charge is 2.08. The normalized spacial score (nSPS) is 10.1. The lowest BCUT2D eigenvalue weighted by Gasteiger charge is -2.07. The molecule has 0 atom stereocenters. The molecule has 98 valence electrons. The SMILES string of the molecule is O=c1ncc([N+](=O)[O-])cn1CCNc1ccccc1. The largest absolute Gasteiger partial charge is 0.383 e. The lowest BCUT2D eigenvalue weighted by atomic mass is 10.3. The van der Waals surface area contributed by atoms with Gasteiger partial charge in [-0.2, -0.15) is 4.98 Å². The van der Waals surface area contributed by atoms with Gasteiger partial charge in [-0.05, 0) is 12.1 Å². The number of nitrogens with zero attached hydrogens (tertiary/aromatic N) is 3. The Bertz CT molecular complexity index is 624. The molecule has 0 saturated heterocycles. The average Bonchev–Trinajstić information content (AvgIpc) is 2.42. The van der Waals surface area contributed by atoms with Crippen molar-refractivity contribution in [2.75, 3.05) is 11.9 Å². The van der Waals surface area contributed by atoms with Gasteiger partial charge in [0.15, 0.2) is 0 Å². The lowest BCUT2D eigenvalue weighted by Crippen LogP contribution is -2.25. The number of anilines is 1. The molecule has 1 aromatic carbocycles. The van der Waals surface area contributed by atoms with Crippen molar-refractivity contribution >= 4 is 11.4 Å². The van der Waals surface area contributed by atoms with Crippen molar-refractivity contribution in [3.05, 3.63) is 63.3 Å². The summed E-state index contributed by atoms with van der Waals surface area (Å²) in [4.78, 5) is 24.9. The van der Waals surface area contributed by atoms with Gasteiger partial charge in [0.2, 0.25) is 0 Å². The molecule has 1 heterocycles. The minimum absolute atomic E-state index is 0.195. The Morgan fingerprint density at radius 2 is 2.05 bits per heavy atom. The molecule has 0 saturated carbocycles. The van der Waals surface area contributed by atoms with E-state index < -0.39 is 10.6 Å². The Hall–Kier alpha value is -2.70. The molecule has 0 bridgehead atoms. The van der Waals surface area contributed by atoms with E-state index in [2.05, 4.69) is 10.3 Å². The Morgan fingerprint density at radius 1 is 1.32 bits per heavy atom. The van der Waals surface area contributed by atoms with Gasteiger partial charge in [-0.15, -0.1) is 0 Å². The number of hydrogen-bond donors (Lipinski definition) is 1.